The Morgan fingerprint density at radius 1 is 0.953 bits per heavy atom. The molecule has 0 N–H and O–H groups in total. The largest absolute Gasteiger partial charge is 0.415 e. The van der Waals surface area contributed by atoms with Gasteiger partial charge >= 0.3 is 12.1 Å². The number of fused-ring (bicyclic) bond motifs is 1. The van der Waals surface area contributed by atoms with Gasteiger partial charge in [0.15, 0.2) is 0 Å². The third-order valence-electron chi connectivity index (χ3n) is 8.34. The van der Waals surface area contributed by atoms with Crippen LogP contribution >= 0.6 is 0 Å². The van der Waals surface area contributed by atoms with Crippen molar-refractivity contribution in [2.75, 3.05) is 26.3 Å². The minimum Gasteiger partial charge on any atom is -0.415 e. The summed E-state index contributed by atoms with van der Waals surface area (Å²) in [5, 5.41) is 7.00. The van der Waals surface area contributed by atoms with Crippen molar-refractivity contribution in [3.05, 3.63) is 82.9 Å². The van der Waals surface area contributed by atoms with Crippen LogP contribution in [0.25, 0.3) is 33.6 Å². The molecule has 2 aliphatic rings. The number of rotatable bonds is 8. The van der Waals surface area contributed by atoms with Crippen molar-refractivity contribution in [1.82, 2.24) is 34.2 Å². The molecule has 0 spiro atoms. The first-order chi connectivity index (χ1) is 20.9. The van der Waals surface area contributed by atoms with Crippen LogP contribution in [0.3, 0.4) is 0 Å². The quantitative estimate of drug-likeness (QED) is 0.259. The number of pyridine rings is 2. The van der Waals surface area contributed by atoms with Gasteiger partial charge in [-0.3, -0.25) is 24.0 Å². The van der Waals surface area contributed by atoms with Gasteiger partial charge in [0.2, 0.25) is 5.89 Å². The Morgan fingerprint density at radius 3 is 2.37 bits per heavy atom. The lowest BCUT2D eigenvalue weighted by Gasteiger charge is -2.41. The number of aromatic nitrogens is 6. The Labute approximate surface area is 243 Å². The summed E-state index contributed by atoms with van der Waals surface area (Å²) in [6.45, 7) is 4.08. The van der Waals surface area contributed by atoms with Crippen LogP contribution < -0.4 is 5.69 Å². The summed E-state index contributed by atoms with van der Waals surface area (Å²) in [5.74, 6) is -0.998. The molecule has 1 aromatic carbocycles. The van der Waals surface area contributed by atoms with Gasteiger partial charge < -0.3 is 9.15 Å². The number of hydrogen-bond donors (Lipinski definition) is 0. The second-order valence-corrected chi connectivity index (χ2v) is 11.0. The van der Waals surface area contributed by atoms with Crippen LogP contribution in [0, 0.1) is 11.7 Å². The van der Waals surface area contributed by atoms with E-state index in [1.165, 1.54) is 16.8 Å². The fourth-order valence-electron chi connectivity index (χ4n) is 5.86. The number of imidazole rings is 1. The van der Waals surface area contributed by atoms with Crippen molar-refractivity contribution in [2.45, 2.75) is 38.4 Å². The average molecular weight is 592 g/mol. The minimum absolute atomic E-state index is 0.0790. The van der Waals surface area contributed by atoms with Crippen LogP contribution in [0.5, 0.6) is 0 Å². The molecule has 222 valence electrons. The third-order valence-corrected chi connectivity index (χ3v) is 8.34. The molecular formula is C30H28F3N7O3. The Kier molecular flexibility index (Phi) is 7.27. The van der Waals surface area contributed by atoms with Crippen molar-refractivity contribution >= 4 is 11.0 Å². The molecule has 43 heavy (non-hydrogen) atoms. The van der Waals surface area contributed by atoms with Crippen molar-refractivity contribution in [1.29, 1.82) is 0 Å². The summed E-state index contributed by atoms with van der Waals surface area (Å²) in [6.07, 6.45) is 3.68. The Hall–Kier alpha value is -4.36. The summed E-state index contributed by atoms with van der Waals surface area (Å²) in [6, 6.07) is 10.4. The molecule has 7 rings (SSSR count). The maximum Gasteiger partial charge on any atom is 0.329 e. The highest BCUT2D eigenvalue weighted by molar-refractivity contribution is 5.83. The fourth-order valence-corrected chi connectivity index (χ4v) is 5.86. The molecule has 0 unspecified atom stereocenters. The summed E-state index contributed by atoms with van der Waals surface area (Å²) >= 11 is 0. The Bertz CT molecular complexity index is 1790. The molecule has 2 fully saturated rings. The number of nitrogens with zero attached hydrogens (tertiary/aromatic N) is 7. The van der Waals surface area contributed by atoms with Crippen molar-refractivity contribution in [3.63, 3.8) is 0 Å². The van der Waals surface area contributed by atoms with E-state index in [1.54, 1.807) is 47.3 Å². The van der Waals surface area contributed by atoms with Crippen LogP contribution in [0.4, 0.5) is 13.2 Å². The van der Waals surface area contributed by atoms with Gasteiger partial charge in [0.25, 0.3) is 5.89 Å². The molecule has 0 radical (unpaired) electrons. The van der Waals surface area contributed by atoms with Crippen LogP contribution in [0.15, 0.2) is 64.2 Å². The highest BCUT2D eigenvalue weighted by Crippen LogP contribution is 2.30. The summed E-state index contributed by atoms with van der Waals surface area (Å²) in [4.78, 5) is 24.8. The monoisotopic (exact) mass is 591 g/mol. The summed E-state index contributed by atoms with van der Waals surface area (Å²) < 4.78 is 54.9. The van der Waals surface area contributed by atoms with Crippen molar-refractivity contribution in [3.8, 4) is 22.6 Å². The zero-order valence-electron chi connectivity index (χ0n) is 23.1. The predicted octanol–water partition coefficient (Wildman–Crippen LogP) is 4.55. The molecule has 5 aromatic rings. The average Bonchev–Trinajstić information content (AvgIpc) is 3.58. The normalized spacial score (nSPS) is 16.7. The van der Waals surface area contributed by atoms with E-state index in [0.29, 0.717) is 51.9 Å². The minimum atomic E-state index is -2.87. The molecule has 0 amide bonds. The van der Waals surface area contributed by atoms with Crippen molar-refractivity contribution < 1.29 is 22.3 Å². The van der Waals surface area contributed by atoms with Crippen LogP contribution in [0.2, 0.25) is 0 Å². The maximum absolute atomic E-state index is 15.5. The standard InChI is InChI=1S/C30H28F3N7O3/c31-24-12-26-25(11-23(24)19-3-7-34-8-4-19)39(14-18-5-9-38(10-6-18)22-16-42-17-22)30(41)40(26)15-21-2-1-20(13-35-21)28-36-37-29(43-28)27(32)33/h1-4,7-8,11-13,18,22,27H,5-6,9-10,14-17H2. The number of halogens is 3. The molecule has 13 heteroatoms. The van der Waals surface area contributed by atoms with E-state index in [9.17, 15) is 13.6 Å². The van der Waals surface area contributed by atoms with E-state index >= 15 is 4.39 Å². The zero-order valence-corrected chi connectivity index (χ0v) is 23.1. The maximum atomic E-state index is 15.5. The predicted molar refractivity (Wildman–Crippen MR) is 150 cm³/mol. The van der Waals surface area contributed by atoms with E-state index < -0.39 is 18.1 Å². The molecule has 0 bridgehead atoms. The molecular weight excluding hydrogens is 563 g/mol. The van der Waals surface area contributed by atoms with Gasteiger partial charge in [-0.15, -0.1) is 10.2 Å². The topological polar surface area (TPSA) is 104 Å². The SMILES string of the molecule is O=c1n(Cc2ccc(-c3nnc(C(F)F)o3)cn2)c2cc(F)c(-c3ccncc3)cc2n1CC1CCN(C2COC2)CC1. The lowest BCUT2D eigenvalue weighted by molar-refractivity contribution is -0.0742. The molecule has 2 aliphatic heterocycles. The van der Waals surface area contributed by atoms with E-state index in [-0.39, 0.29) is 18.1 Å². The number of hydrogen-bond acceptors (Lipinski definition) is 8. The molecule has 0 atom stereocenters. The van der Waals surface area contributed by atoms with Gasteiger partial charge in [-0.05, 0) is 67.7 Å². The number of likely N-dealkylation sites (tertiary alicyclic amines) is 1. The second-order valence-electron chi connectivity index (χ2n) is 11.0. The highest BCUT2D eigenvalue weighted by Gasteiger charge is 2.30. The first-order valence-corrected chi connectivity index (χ1v) is 14.2. The van der Waals surface area contributed by atoms with Crippen molar-refractivity contribution in [2.24, 2.45) is 5.92 Å². The molecule has 0 aliphatic carbocycles. The van der Waals surface area contributed by atoms with Gasteiger partial charge in [-0.2, -0.15) is 8.78 Å². The first kappa shape index (κ1) is 27.5. The lowest BCUT2D eigenvalue weighted by atomic mass is 9.95. The van der Waals surface area contributed by atoms with Gasteiger partial charge in [0.1, 0.15) is 5.82 Å². The summed E-state index contributed by atoms with van der Waals surface area (Å²) in [7, 11) is 0. The molecule has 0 saturated carbocycles. The van der Waals surface area contributed by atoms with E-state index in [1.807, 2.05) is 0 Å². The van der Waals surface area contributed by atoms with Gasteiger partial charge in [-0.1, -0.05) is 0 Å². The second kappa shape index (κ2) is 11.4. The van der Waals surface area contributed by atoms with Gasteiger partial charge in [-0.25, -0.2) is 9.18 Å². The molecule has 4 aromatic heterocycles. The lowest BCUT2D eigenvalue weighted by Crippen LogP contribution is -2.52. The van der Waals surface area contributed by atoms with Crippen LogP contribution in [-0.4, -0.2) is 66.5 Å². The highest BCUT2D eigenvalue weighted by atomic mass is 19.3. The van der Waals surface area contributed by atoms with Crippen LogP contribution in [-0.2, 0) is 17.8 Å². The van der Waals surface area contributed by atoms with E-state index in [4.69, 9.17) is 9.15 Å². The first-order valence-electron chi connectivity index (χ1n) is 14.2. The van der Waals surface area contributed by atoms with Crippen LogP contribution in [0.1, 0.15) is 30.9 Å². The third kappa shape index (κ3) is 5.34. The fraction of sp³-hybridized carbons (Fsp3) is 0.367. The zero-order chi connectivity index (χ0) is 29.5. The Morgan fingerprint density at radius 2 is 1.72 bits per heavy atom. The smallest absolute Gasteiger partial charge is 0.329 e. The van der Waals surface area contributed by atoms with Gasteiger partial charge in [0, 0.05) is 36.8 Å². The number of alkyl halides is 2. The van der Waals surface area contributed by atoms with E-state index in [2.05, 4.69) is 25.1 Å². The molecule has 2 saturated heterocycles. The van der Waals surface area contributed by atoms with E-state index in [0.717, 1.165) is 39.1 Å². The number of ether oxygens (including phenoxy) is 1. The number of piperidine rings is 1. The Balaban J connectivity index is 1.21. The molecule has 6 heterocycles. The van der Waals surface area contributed by atoms with Gasteiger partial charge in [0.05, 0.1) is 48.1 Å². The number of benzene rings is 1. The molecule has 10 nitrogen and oxygen atoms in total. The summed E-state index contributed by atoms with van der Waals surface area (Å²) in [5.41, 5.74) is 2.82.